The predicted molar refractivity (Wildman–Crippen MR) is 84.2 cm³/mol. The van der Waals surface area contributed by atoms with Crippen molar-refractivity contribution in [3.8, 4) is 0 Å². The van der Waals surface area contributed by atoms with Gasteiger partial charge in [0.2, 0.25) is 0 Å². The molecule has 0 spiro atoms. The summed E-state index contributed by atoms with van der Waals surface area (Å²) in [5.41, 5.74) is 2.12. The molecule has 0 aliphatic carbocycles. The van der Waals surface area contributed by atoms with Gasteiger partial charge in [0, 0.05) is 12.7 Å². The first-order chi connectivity index (χ1) is 10.1. The van der Waals surface area contributed by atoms with Crippen LogP contribution in [0.25, 0.3) is 0 Å². The number of hydrogen-bond donors (Lipinski definition) is 2. The second kappa shape index (κ2) is 6.69. The number of benzene rings is 1. The van der Waals surface area contributed by atoms with Gasteiger partial charge in [0.25, 0.3) is 5.69 Å². The lowest BCUT2D eigenvalue weighted by Crippen LogP contribution is -2.00. The van der Waals surface area contributed by atoms with Crippen LogP contribution in [0.1, 0.15) is 18.9 Å². The quantitative estimate of drug-likeness (QED) is 0.624. The Morgan fingerprint density at radius 3 is 2.43 bits per heavy atom. The number of anilines is 3. The molecule has 6 nitrogen and oxygen atoms in total. The van der Waals surface area contributed by atoms with Gasteiger partial charge < -0.3 is 10.6 Å². The largest absolute Gasteiger partial charge is 0.373 e. The molecule has 0 radical (unpaired) electrons. The molecule has 0 fully saturated rings. The molecule has 2 N–H and O–H groups in total. The zero-order valence-electron chi connectivity index (χ0n) is 12.1. The lowest BCUT2D eigenvalue weighted by Gasteiger charge is -2.08. The van der Waals surface area contributed by atoms with Crippen LogP contribution in [0.4, 0.5) is 23.0 Å². The zero-order chi connectivity index (χ0) is 15.2. The van der Waals surface area contributed by atoms with E-state index in [9.17, 15) is 10.1 Å². The Morgan fingerprint density at radius 1 is 1.19 bits per heavy atom. The highest BCUT2D eigenvalue weighted by Crippen LogP contribution is 2.23. The lowest BCUT2D eigenvalue weighted by atomic mass is 10.1. The van der Waals surface area contributed by atoms with E-state index in [-0.39, 0.29) is 5.69 Å². The Labute approximate surface area is 123 Å². The van der Waals surface area contributed by atoms with Gasteiger partial charge in [-0.3, -0.25) is 10.1 Å². The van der Waals surface area contributed by atoms with Crippen molar-refractivity contribution in [2.24, 2.45) is 0 Å². The van der Waals surface area contributed by atoms with Crippen molar-refractivity contribution in [1.29, 1.82) is 0 Å². The van der Waals surface area contributed by atoms with Gasteiger partial charge in [-0.25, -0.2) is 4.98 Å². The van der Waals surface area contributed by atoms with E-state index in [1.54, 1.807) is 7.05 Å². The summed E-state index contributed by atoms with van der Waals surface area (Å²) in [7, 11) is 1.68. The average molecular weight is 286 g/mol. The molecule has 2 rings (SSSR count). The summed E-state index contributed by atoms with van der Waals surface area (Å²) >= 11 is 0. The fraction of sp³-hybridized carbons (Fsp3) is 0.267. The number of rotatable bonds is 6. The Balaban J connectivity index is 2.21. The molecule has 0 atom stereocenters. The molecule has 6 heteroatoms. The minimum absolute atomic E-state index is 0.000506. The van der Waals surface area contributed by atoms with E-state index in [0.717, 1.165) is 18.5 Å². The average Bonchev–Trinajstić information content (AvgIpc) is 2.49. The fourth-order valence-corrected chi connectivity index (χ4v) is 2.00. The van der Waals surface area contributed by atoms with Gasteiger partial charge in [-0.05, 0) is 24.1 Å². The molecular weight excluding hydrogens is 268 g/mol. The Morgan fingerprint density at radius 2 is 1.86 bits per heavy atom. The van der Waals surface area contributed by atoms with Crippen molar-refractivity contribution in [1.82, 2.24) is 4.98 Å². The maximum Gasteiger partial charge on any atom is 0.276 e. The van der Waals surface area contributed by atoms with Gasteiger partial charge in [-0.1, -0.05) is 25.5 Å². The molecule has 0 aliphatic rings. The van der Waals surface area contributed by atoms with Crippen molar-refractivity contribution in [2.45, 2.75) is 19.8 Å². The van der Waals surface area contributed by atoms with Gasteiger partial charge in [0.15, 0.2) is 0 Å². The molecule has 1 aromatic heterocycles. The Bertz CT molecular complexity index is 626. The van der Waals surface area contributed by atoms with Gasteiger partial charge in [-0.15, -0.1) is 0 Å². The zero-order valence-corrected chi connectivity index (χ0v) is 12.1. The van der Waals surface area contributed by atoms with Crippen LogP contribution in [0.5, 0.6) is 0 Å². The van der Waals surface area contributed by atoms with E-state index >= 15 is 0 Å². The van der Waals surface area contributed by atoms with E-state index in [2.05, 4.69) is 22.5 Å². The first-order valence-electron chi connectivity index (χ1n) is 6.82. The second-order valence-electron chi connectivity index (χ2n) is 4.67. The van der Waals surface area contributed by atoms with Gasteiger partial charge in [0.05, 0.1) is 17.1 Å². The summed E-state index contributed by atoms with van der Waals surface area (Å²) in [6.45, 7) is 2.14. The van der Waals surface area contributed by atoms with E-state index in [1.165, 1.54) is 17.7 Å². The molecule has 110 valence electrons. The van der Waals surface area contributed by atoms with Gasteiger partial charge in [0.1, 0.15) is 11.6 Å². The van der Waals surface area contributed by atoms with E-state index in [1.807, 2.05) is 24.3 Å². The first kappa shape index (κ1) is 14.8. The smallest absolute Gasteiger partial charge is 0.276 e. The fourth-order valence-electron chi connectivity index (χ4n) is 2.00. The summed E-state index contributed by atoms with van der Waals surface area (Å²) in [5, 5.41) is 16.8. The van der Waals surface area contributed by atoms with Crippen LogP contribution in [0.2, 0.25) is 0 Å². The van der Waals surface area contributed by atoms with Gasteiger partial charge >= 0.3 is 0 Å². The first-order valence-corrected chi connectivity index (χ1v) is 6.82. The number of aryl methyl sites for hydroxylation is 1. The third-order valence-electron chi connectivity index (χ3n) is 3.04. The highest BCUT2D eigenvalue weighted by Gasteiger charge is 2.10. The number of nitrogens with one attached hydrogen (secondary N) is 2. The standard InChI is InChI=1S/C15H18N4O2/c1-3-4-11-5-7-12(8-6-11)17-15-10-13(19(20)21)9-14(16-2)18-15/h5-10H,3-4H2,1-2H3,(H2,16,17,18). The molecular formula is C15H18N4O2. The van der Waals surface area contributed by atoms with Crippen molar-refractivity contribution in [3.63, 3.8) is 0 Å². The molecule has 0 unspecified atom stereocenters. The summed E-state index contributed by atoms with van der Waals surface area (Å²) in [5.74, 6) is 0.895. The van der Waals surface area contributed by atoms with Crippen LogP contribution < -0.4 is 10.6 Å². The summed E-state index contributed by atoms with van der Waals surface area (Å²) in [6, 6.07) is 10.8. The number of nitrogens with zero attached hydrogens (tertiary/aromatic N) is 2. The monoisotopic (exact) mass is 286 g/mol. The number of aromatic nitrogens is 1. The van der Waals surface area contributed by atoms with Crippen LogP contribution >= 0.6 is 0 Å². The van der Waals surface area contributed by atoms with Crippen molar-refractivity contribution < 1.29 is 4.92 Å². The number of pyridine rings is 1. The Kier molecular flexibility index (Phi) is 4.71. The Hall–Kier alpha value is -2.63. The van der Waals surface area contributed by atoms with Crippen molar-refractivity contribution >= 4 is 23.0 Å². The number of hydrogen-bond acceptors (Lipinski definition) is 5. The molecule has 0 bridgehead atoms. The third kappa shape index (κ3) is 3.92. The van der Waals surface area contributed by atoms with Crippen LogP contribution in [-0.2, 0) is 6.42 Å². The summed E-state index contributed by atoms with van der Waals surface area (Å²) < 4.78 is 0. The highest BCUT2D eigenvalue weighted by atomic mass is 16.6. The topological polar surface area (TPSA) is 80.1 Å². The van der Waals surface area contributed by atoms with Crippen molar-refractivity contribution in [2.75, 3.05) is 17.7 Å². The molecule has 21 heavy (non-hydrogen) atoms. The maximum absolute atomic E-state index is 10.9. The minimum Gasteiger partial charge on any atom is -0.373 e. The number of nitro groups is 1. The van der Waals surface area contributed by atoms with Crippen molar-refractivity contribution in [3.05, 3.63) is 52.1 Å². The van der Waals surface area contributed by atoms with Gasteiger partial charge in [-0.2, -0.15) is 0 Å². The SMILES string of the molecule is CCCc1ccc(Nc2cc([N+](=O)[O-])cc(NC)n2)cc1. The molecule has 1 aromatic carbocycles. The van der Waals surface area contributed by atoms with Crippen LogP contribution in [0, 0.1) is 10.1 Å². The minimum atomic E-state index is -0.432. The van der Waals surface area contributed by atoms with Crippen LogP contribution in [-0.4, -0.2) is 17.0 Å². The molecule has 0 saturated heterocycles. The molecule has 0 aliphatic heterocycles. The van der Waals surface area contributed by atoms with E-state index in [4.69, 9.17) is 0 Å². The molecule has 2 aromatic rings. The van der Waals surface area contributed by atoms with Crippen LogP contribution in [0.15, 0.2) is 36.4 Å². The van der Waals surface area contributed by atoms with E-state index < -0.39 is 4.92 Å². The lowest BCUT2D eigenvalue weighted by molar-refractivity contribution is -0.384. The second-order valence-corrected chi connectivity index (χ2v) is 4.67. The van der Waals surface area contributed by atoms with Crippen LogP contribution in [0.3, 0.4) is 0 Å². The van der Waals surface area contributed by atoms with E-state index in [0.29, 0.717) is 11.6 Å². The highest BCUT2D eigenvalue weighted by molar-refractivity contribution is 5.62. The summed E-state index contributed by atoms with van der Waals surface area (Å²) in [4.78, 5) is 14.7. The maximum atomic E-state index is 10.9. The normalized spacial score (nSPS) is 10.2. The molecule has 0 amide bonds. The molecule has 1 heterocycles. The predicted octanol–water partition coefficient (Wildman–Crippen LogP) is 3.73. The molecule has 0 saturated carbocycles. The third-order valence-corrected chi connectivity index (χ3v) is 3.04. The summed E-state index contributed by atoms with van der Waals surface area (Å²) in [6.07, 6.45) is 2.14.